The number of aryl methyl sites for hydroxylation is 1. The van der Waals surface area contributed by atoms with E-state index in [2.05, 4.69) is 15.5 Å². The molecule has 0 aliphatic heterocycles. The molecule has 0 fully saturated rings. The molecule has 28 heavy (non-hydrogen) atoms. The van der Waals surface area contributed by atoms with Gasteiger partial charge in [-0.15, -0.1) is 0 Å². The van der Waals surface area contributed by atoms with Crippen LogP contribution in [0, 0.1) is 0 Å². The van der Waals surface area contributed by atoms with Crippen LogP contribution in [0.15, 0.2) is 67.2 Å². The molecule has 0 unspecified atom stereocenters. The monoisotopic (exact) mass is 380 g/mol. The number of nitrogens with zero attached hydrogens (tertiary/aromatic N) is 2. The predicted molar refractivity (Wildman–Crippen MR) is 99.5 cm³/mol. The minimum Gasteiger partial charge on any atom is -0.453 e. The summed E-state index contributed by atoms with van der Waals surface area (Å²) in [6, 6.07) is 12.4. The van der Waals surface area contributed by atoms with E-state index in [0.29, 0.717) is 17.2 Å². The number of amides is 1. The second kappa shape index (κ2) is 7.39. The Morgan fingerprint density at radius 3 is 2.82 bits per heavy atom. The maximum Gasteiger partial charge on any atom is 0.328 e. The van der Waals surface area contributed by atoms with Gasteiger partial charge in [-0.2, -0.15) is 0 Å². The molecule has 0 bridgehead atoms. The third kappa shape index (κ3) is 3.78. The van der Waals surface area contributed by atoms with Gasteiger partial charge in [-0.1, -0.05) is 23.4 Å². The molecule has 2 N–H and O–H groups in total. The molecule has 1 aromatic carbocycles. The summed E-state index contributed by atoms with van der Waals surface area (Å²) in [7, 11) is 0. The number of fused-ring (bicyclic) bond motifs is 1. The maximum absolute atomic E-state index is 12.0. The van der Waals surface area contributed by atoms with Gasteiger partial charge in [-0.25, -0.2) is 4.79 Å². The molecule has 0 aliphatic carbocycles. The maximum atomic E-state index is 12.0. The summed E-state index contributed by atoms with van der Waals surface area (Å²) in [6.45, 7) is 0.341. The van der Waals surface area contributed by atoms with E-state index in [9.17, 15) is 14.4 Å². The van der Waals surface area contributed by atoms with Crippen LogP contribution in [0.3, 0.4) is 0 Å². The quantitative estimate of drug-likeness (QED) is 0.524. The third-order valence-corrected chi connectivity index (χ3v) is 4.17. The molecule has 0 saturated heterocycles. The minimum absolute atomic E-state index is 0.0836. The molecule has 0 atom stereocenters. The van der Waals surface area contributed by atoms with Gasteiger partial charge in [0.25, 0.3) is 5.56 Å². The number of furan rings is 1. The number of nitrogens with one attached hydrogen (secondary N) is 2. The number of aromatic amines is 1. The van der Waals surface area contributed by atoms with E-state index in [1.54, 1.807) is 6.07 Å². The van der Waals surface area contributed by atoms with Crippen LogP contribution in [0.25, 0.3) is 22.5 Å². The molecule has 0 aliphatic rings. The zero-order chi connectivity index (χ0) is 19.5. The second-order valence-corrected chi connectivity index (χ2v) is 6.16. The van der Waals surface area contributed by atoms with Crippen LogP contribution in [0.5, 0.6) is 0 Å². The van der Waals surface area contributed by atoms with Crippen LogP contribution in [-0.2, 0) is 17.9 Å². The van der Waals surface area contributed by atoms with E-state index >= 15 is 0 Å². The molecule has 0 spiro atoms. The van der Waals surface area contributed by atoms with Crippen LogP contribution in [-0.4, -0.2) is 20.6 Å². The molecule has 1 amide bonds. The van der Waals surface area contributed by atoms with E-state index in [4.69, 9.17) is 8.94 Å². The number of carbonyl (C=O) groups is 1. The Balaban J connectivity index is 1.34. The lowest BCUT2D eigenvalue weighted by molar-refractivity contribution is -0.121. The Labute approximate surface area is 157 Å². The molecular formula is C19H16N4O5. The van der Waals surface area contributed by atoms with E-state index < -0.39 is 11.2 Å². The van der Waals surface area contributed by atoms with Crippen molar-refractivity contribution in [3.8, 4) is 11.5 Å². The smallest absolute Gasteiger partial charge is 0.328 e. The molecule has 0 saturated carbocycles. The average molecular weight is 380 g/mol. The van der Waals surface area contributed by atoms with Gasteiger partial charge >= 0.3 is 5.69 Å². The Hall–Kier alpha value is -3.88. The first-order valence-corrected chi connectivity index (χ1v) is 8.59. The van der Waals surface area contributed by atoms with Crippen molar-refractivity contribution >= 4 is 16.9 Å². The molecule has 3 heterocycles. The molecular weight excluding hydrogens is 364 g/mol. The zero-order valence-corrected chi connectivity index (χ0v) is 14.7. The normalized spacial score (nSPS) is 11.0. The molecule has 4 rings (SSSR count). The average Bonchev–Trinajstić information content (AvgIpc) is 3.32. The molecule has 0 radical (unpaired) electrons. The Morgan fingerprint density at radius 1 is 1.14 bits per heavy atom. The third-order valence-electron chi connectivity index (χ3n) is 4.17. The second-order valence-electron chi connectivity index (χ2n) is 6.16. The van der Waals surface area contributed by atoms with Crippen molar-refractivity contribution in [2.45, 2.75) is 19.5 Å². The van der Waals surface area contributed by atoms with Crippen molar-refractivity contribution in [1.29, 1.82) is 0 Å². The van der Waals surface area contributed by atoms with Crippen LogP contribution in [0.4, 0.5) is 0 Å². The van der Waals surface area contributed by atoms with Crippen molar-refractivity contribution in [2.24, 2.45) is 0 Å². The van der Waals surface area contributed by atoms with Crippen molar-refractivity contribution in [3.63, 3.8) is 0 Å². The number of rotatable bonds is 6. The van der Waals surface area contributed by atoms with Gasteiger partial charge in [0.05, 0.1) is 6.54 Å². The van der Waals surface area contributed by atoms with Crippen molar-refractivity contribution in [2.75, 3.05) is 0 Å². The molecule has 142 valence electrons. The number of carbonyl (C=O) groups excluding carboxylic acids is 1. The van der Waals surface area contributed by atoms with Gasteiger partial charge in [0.15, 0.2) is 5.76 Å². The number of benzene rings is 1. The summed E-state index contributed by atoms with van der Waals surface area (Å²) in [4.78, 5) is 36.7. The van der Waals surface area contributed by atoms with Gasteiger partial charge in [0, 0.05) is 36.7 Å². The van der Waals surface area contributed by atoms with Crippen molar-refractivity contribution in [3.05, 3.63) is 75.2 Å². The predicted octanol–water partition coefficient (Wildman–Crippen LogP) is 1.64. The molecule has 9 nitrogen and oxygen atoms in total. The lowest BCUT2D eigenvalue weighted by Crippen LogP contribution is -2.31. The molecule has 3 aromatic heterocycles. The largest absolute Gasteiger partial charge is 0.453 e. The standard InChI is InChI=1S/C19H16N4O5/c24-17(5-7-23-8-6-18(25)21-19(23)26)20-11-13-10-16(28-22-13)15-9-12-3-1-2-4-14(12)27-15/h1-4,6,8-10H,5,7,11H2,(H,20,24)(H,21,25,26). The van der Waals surface area contributed by atoms with Crippen LogP contribution in [0.1, 0.15) is 12.1 Å². The van der Waals surface area contributed by atoms with Gasteiger partial charge in [0.1, 0.15) is 11.3 Å². The highest BCUT2D eigenvalue weighted by molar-refractivity contribution is 5.81. The minimum atomic E-state index is -0.549. The topological polar surface area (TPSA) is 123 Å². The number of hydrogen-bond acceptors (Lipinski definition) is 6. The number of aromatic nitrogens is 3. The first-order chi connectivity index (χ1) is 13.6. The lowest BCUT2D eigenvalue weighted by Gasteiger charge is -2.05. The van der Waals surface area contributed by atoms with Crippen LogP contribution in [0.2, 0.25) is 0 Å². The summed E-state index contributed by atoms with van der Waals surface area (Å²) in [6.07, 6.45) is 1.44. The summed E-state index contributed by atoms with van der Waals surface area (Å²) in [5.74, 6) is 0.773. The molecule has 4 aromatic rings. The van der Waals surface area contributed by atoms with Crippen molar-refractivity contribution < 1.29 is 13.7 Å². The Kier molecular flexibility index (Phi) is 4.63. The lowest BCUT2D eigenvalue weighted by atomic mass is 10.2. The Bertz CT molecular complexity index is 1210. The summed E-state index contributed by atoms with van der Waals surface area (Å²) < 4.78 is 12.3. The fraction of sp³-hybridized carbons (Fsp3) is 0.158. The SMILES string of the molecule is O=C(CCn1ccc(=O)[nH]c1=O)NCc1cc(-c2cc3ccccc3o2)on1. The summed E-state index contributed by atoms with van der Waals surface area (Å²) in [5, 5.41) is 7.60. The van der Waals surface area contributed by atoms with Crippen LogP contribution < -0.4 is 16.6 Å². The molecule has 9 heteroatoms. The highest BCUT2D eigenvalue weighted by atomic mass is 16.5. The number of hydrogen-bond donors (Lipinski definition) is 2. The summed E-state index contributed by atoms with van der Waals surface area (Å²) >= 11 is 0. The fourth-order valence-corrected chi connectivity index (χ4v) is 2.73. The van der Waals surface area contributed by atoms with Crippen molar-refractivity contribution in [1.82, 2.24) is 20.0 Å². The number of para-hydroxylation sites is 1. The van der Waals surface area contributed by atoms with E-state index in [1.165, 1.54) is 16.8 Å². The summed E-state index contributed by atoms with van der Waals surface area (Å²) in [5.41, 5.74) is 0.274. The van der Waals surface area contributed by atoms with Crippen LogP contribution >= 0.6 is 0 Å². The highest BCUT2D eigenvalue weighted by Gasteiger charge is 2.12. The van der Waals surface area contributed by atoms with Gasteiger partial charge in [0.2, 0.25) is 11.7 Å². The van der Waals surface area contributed by atoms with Gasteiger partial charge < -0.3 is 18.8 Å². The first-order valence-electron chi connectivity index (χ1n) is 8.59. The van der Waals surface area contributed by atoms with E-state index in [-0.39, 0.29) is 25.4 Å². The zero-order valence-electron chi connectivity index (χ0n) is 14.7. The van der Waals surface area contributed by atoms with Gasteiger partial charge in [-0.3, -0.25) is 14.6 Å². The fourth-order valence-electron chi connectivity index (χ4n) is 2.73. The first kappa shape index (κ1) is 17.5. The van der Waals surface area contributed by atoms with E-state index in [0.717, 1.165) is 11.0 Å². The number of H-pyrrole nitrogens is 1. The van der Waals surface area contributed by atoms with Gasteiger partial charge in [-0.05, 0) is 12.1 Å². The Morgan fingerprint density at radius 2 is 2.00 bits per heavy atom. The van der Waals surface area contributed by atoms with E-state index in [1.807, 2.05) is 30.3 Å². The highest BCUT2D eigenvalue weighted by Crippen LogP contribution is 2.28.